The largest absolute Gasteiger partial charge is 0.481 e. The standard InChI is InChI=1S/C25H36O4/c1-17-16-18(2)20(8-4-6-10-24(12-13-24)22(26)27)21(19(17)3)9-5-7-11-25(14-15-25)23(28)29/h16H,4-15H2,1-3H3,(H,26,27)(H,28,29). The fourth-order valence-corrected chi connectivity index (χ4v) is 4.88. The maximum atomic E-state index is 11.4. The maximum Gasteiger partial charge on any atom is 0.309 e. The summed E-state index contributed by atoms with van der Waals surface area (Å²) in [5.41, 5.74) is 6.09. The van der Waals surface area contributed by atoms with Crippen molar-refractivity contribution >= 4 is 11.9 Å². The molecule has 1 aromatic rings. The van der Waals surface area contributed by atoms with E-state index in [-0.39, 0.29) is 0 Å². The van der Waals surface area contributed by atoms with Gasteiger partial charge in [-0.05, 0) is 113 Å². The zero-order chi connectivity index (χ0) is 21.2. The lowest BCUT2D eigenvalue weighted by atomic mass is 9.86. The Balaban J connectivity index is 1.57. The third-order valence-electron chi connectivity index (χ3n) is 7.60. The highest BCUT2D eigenvalue weighted by molar-refractivity contribution is 5.78. The average Bonchev–Trinajstić information content (AvgIpc) is 3.56. The van der Waals surface area contributed by atoms with Gasteiger partial charge in [-0.1, -0.05) is 18.9 Å². The molecule has 0 bridgehead atoms. The van der Waals surface area contributed by atoms with Crippen molar-refractivity contribution < 1.29 is 19.8 Å². The Hall–Kier alpha value is -1.84. The first kappa shape index (κ1) is 21.9. The molecule has 2 fully saturated rings. The number of aryl methyl sites for hydroxylation is 2. The first-order valence-electron chi connectivity index (χ1n) is 11.3. The molecule has 3 rings (SSSR count). The number of hydrogen-bond donors (Lipinski definition) is 2. The Bertz CT molecular complexity index is 785. The number of carboxylic acid groups (broad SMARTS) is 2. The average molecular weight is 401 g/mol. The van der Waals surface area contributed by atoms with E-state index in [4.69, 9.17) is 0 Å². The Morgan fingerprint density at radius 1 is 0.759 bits per heavy atom. The Labute approximate surface area is 174 Å². The van der Waals surface area contributed by atoms with Gasteiger partial charge < -0.3 is 10.2 Å². The van der Waals surface area contributed by atoms with Gasteiger partial charge in [-0.3, -0.25) is 9.59 Å². The van der Waals surface area contributed by atoms with Crippen LogP contribution in [-0.2, 0) is 22.4 Å². The van der Waals surface area contributed by atoms with Gasteiger partial charge in [0, 0.05) is 0 Å². The summed E-state index contributed by atoms with van der Waals surface area (Å²) in [7, 11) is 0. The molecule has 1 aromatic carbocycles. The summed E-state index contributed by atoms with van der Waals surface area (Å²) in [4.78, 5) is 22.7. The number of aliphatic carboxylic acids is 2. The van der Waals surface area contributed by atoms with Gasteiger partial charge in [-0.15, -0.1) is 0 Å². The highest BCUT2D eigenvalue weighted by atomic mass is 16.4. The molecule has 2 N–H and O–H groups in total. The molecule has 0 atom stereocenters. The molecule has 0 aromatic heterocycles. The first-order valence-corrected chi connectivity index (χ1v) is 11.3. The first-order chi connectivity index (χ1) is 13.7. The lowest BCUT2D eigenvalue weighted by molar-refractivity contribution is -0.144. The minimum absolute atomic E-state index is 0.413. The second-order valence-corrected chi connectivity index (χ2v) is 9.68. The summed E-state index contributed by atoms with van der Waals surface area (Å²) >= 11 is 0. The molecule has 29 heavy (non-hydrogen) atoms. The van der Waals surface area contributed by atoms with Crippen LogP contribution < -0.4 is 0 Å². The van der Waals surface area contributed by atoms with Crippen molar-refractivity contribution in [1.29, 1.82) is 0 Å². The quantitative estimate of drug-likeness (QED) is 0.437. The molecule has 0 amide bonds. The van der Waals surface area contributed by atoms with E-state index in [1.807, 2.05) is 0 Å². The van der Waals surface area contributed by atoms with Crippen molar-refractivity contribution in [3.63, 3.8) is 0 Å². The third-order valence-corrected chi connectivity index (χ3v) is 7.60. The van der Waals surface area contributed by atoms with Gasteiger partial charge in [-0.2, -0.15) is 0 Å². The van der Waals surface area contributed by atoms with Crippen LogP contribution in [0.25, 0.3) is 0 Å². The zero-order valence-corrected chi connectivity index (χ0v) is 18.3. The number of benzene rings is 1. The van der Waals surface area contributed by atoms with Crippen molar-refractivity contribution in [2.24, 2.45) is 10.8 Å². The summed E-state index contributed by atoms with van der Waals surface area (Å²) in [6.45, 7) is 6.56. The number of carboxylic acids is 2. The van der Waals surface area contributed by atoms with Gasteiger partial charge >= 0.3 is 11.9 Å². The lowest BCUT2D eigenvalue weighted by Crippen LogP contribution is -2.14. The normalized spacial score (nSPS) is 18.4. The Morgan fingerprint density at radius 3 is 1.62 bits per heavy atom. The van der Waals surface area contributed by atoms with E-state index in [1.54, 1.807) is 0 Å². The highest BCUT2D eigenvalue weighted by Gasteiger charge is 2.49. The smallest absolute Gasteiger partial charge is 0.309 e. The predicted molar refractivity (Wildman–Crippen MR) is 114 cm³/mol. The lowest BCUT2D eigenvalue weighted by Gasteiger charge is -2.19. The van der Waals surface area contributed by atoms with E-state index in [0.717, 1.165) is 77.0 Å². The van der Waals surface area contributed by atoms with Crippen LogP contribution >= 0.6 is 0 Å². The van der Waals surface area contributed by atoms with E-state index in [2.05, 4.69) is 26.8 Å². The van der Waals surface area contributed by atoms with Gasteiger partial charge in [0.1, 0.15) is 0 Å². The molecule has 4 nitrogen and oxygen atoms in total. The molecule has 0 radical (unpaired) electrons. The van der Waals surface area contributed by atoms with E-state index < -0.39 is 22.8 Å². The van der Waals surface area contributed by atoms with Gasteiger partial charge in [-0.25, -0.2) is 0 Å². The van der Waals surface area contributed by atoms with Crippen LogP contribution in [0, 0.1) is 31.6 Å². The third kappa shape index (κ3) is 4.84. The molecule has 2 aliphatic carbocycles. The van der Waals surface area contributed by atoms with E-state index in [9.17, 15) is 19.8 Å². The molecule has 0 unspecified atom stereocenters. The van der Waals surface area contributed by atoms with Crippen molar-refractivity contribution in [1.82, 2.24) is 0 Å². The molecule has 160 valence electrons. The number of rotatable bonds is 12. The van der Waals surface area contributed by atoms with E-state index in [0.29, 0.717) is 0 Å². The molecular weight excluding hydrogens is 364 g/mol. The zero-order valence-electron chi connectivity index (χ0n) is 18.3. The number of hydrogen-bond acceptors (Lipinski definition) is 2. The highest BCUT2D eigenvalue weighted by Crippen LogP contribution is 2.51. The second-order valence-electron chi connectivity index (χ2n) is 9.68. The molecule has 0 saturated heterocycles. The fraction of sp³-hybridized carbons (Fsp3) is 0.680. The van der Waals surface area contributed by atoms with Gasteiger partial charge in [0.2, 0.25) is 0 Å². The van der Waals surface area contributed by atoms with Crippen LogP contribution in [0.5, 0.6) is 0 Å². The molecule has 4 heteroatoms. The summed E-state index contributed by atoms with van der Waals surface area (Å²) < 4.78 is 0. The van der Waals surface area contributed by atoms with Crippen LogP contribution in [0.4, 0.5) is 0 Å². The van der Waals surface area contributed by atoms with Gasteiger partial charge in [0.15, 0.2) is 0 Å². The van der Waals surface area contributed by atoms with E-state index >= 15 is 0 Å². The molecule has 0 aliphatic heterocycles. The predicted octanol–water partition coefficient (Wildman–Crippen LogP) is 5.77. The van der Waals surface area contributed by atoms with Crippen LogP contribution in [-0.4, -0.2) is 22.2 Å². The minimum Gasteiger partial charge on any atom is -0.481 e. The topological polar surface area (TPSA) is 74.6 Å². The van der Waals surface area contributed by atoms with Crippen LogP contribution in [0.3, 0.4) is 0 Å². The SMILES string of the molecule is Cc1cc(C)c(CCCCC2(C(=O)O)CC2)c(CCCCC2(C(=O)O)CC2)c1C. The summed E-state index contributed by atoms with van der Waals surface area (Å²) in [5.74, 6) is -1.23. The monoisotopic (exact) mass is 400 g/mol. The van der Waals surface area contributed by atoms with Crippen molar-refractivity contribution in [3.05, 3.63) is 33.9 Å². The second kappa shape index (κ2) is 8.49. The Morgan fingerprint density at radius 2 is 1.21 bits per heavy atom. The van der Waals surface area contributed by atoms with Crippen molar-refractivity contribution in [2.75, 3.05) is 0 Å². The molecule has 0 heterocycles. The van der Waals surface area contributed by atoms with Crippen molar-refractivity contribution in [2.45, 2.75) is 97.8 Å². The van der Waals surface area contributed by atoms with Crippen LogP contribution in [0.2, 0.25) is 0 Å². The molecule has 2 aliphatic rings. The minimum atomic E-state index is -0.615. The van der Waals surface area contributed by atoms with E-state index in [1.165, 1.54) is 27.8 Å². The molecule has 0 spiro atoms. The van der Waals surface area contributed by atoms with Crippen LogP contribution in [0.1, 0.15) is 92.0 Å². The molecule has 2 saturated carbocycles. The maximum absolute atomic E-state index is 11.4. The summed E-state index contributed by atoms with van der Waals surface area (Å²) in [6.07, 6.45) is 11.0. The number of unbranched alkanes of at least 4 members (excludes halogenated alkanes) is 2. The van der Waals surface area contributed by atoms with Crippen molar-refractivity contribution in [3.8, 4) is 0 Å². The molecular formula is C25H36O4. The van der Waals surface area contributed by atoms with Crippen LogP contribution in [0.15, 0.2) is 6.07 Å². The number of carbonyl (C=O) groups is 2. The fourth-order valence-electron chi connectivity index (χ4n) is 4.88. The summed E-state index contributed by atoms with van der Waals surface area (Å²) in [6, 6.07) is 2.28. The van der Waals surface area contributed by atoms with Gasteiger partial charge in [0.25, 0.3) is 0 Å². The summed E-state index contributed by atoms with van der Waals surface area (Å²) in [5, 5.41) is 18.7. The Kier molecular flexibility index (Phi) is 6.40. The van der Waals surface area contributed by atoms with Gasteiger partial charge in [0.05, 0.1) is 10.8 Å².